The lowest BCUT2D eigenvalue weighted by Gasteiger charge is -2.23. The molecule has 0 aromatic heterocycles. The normalized spacial score (nSPS) is 14.9. The molecular formula is C13H28N2O3. The second-order valence-corrected chi connectivity index (χ2v) is 5.13. The van der Waals surface area contributed by atoms with E-state index >= 15 is 0 Å². The molecule has 1 amide bonds. The van der Waals surface area contributed by atoms with Crippen molar-refractivity contribution in [3.8, 4) is 0 Å². The Balaban J connectivity index is 4.15. The van der Waals surface area contributed by atoms with Gasteiger partial charge in [-0.2, -0.15) is 0 Å². The maximum Gasteiger partial charge on any atom is 0.220 e. The van der Waals surface area contributed by atoms with Crippen molar-refractivity contribution >= 4 is 5.91 Å². The molecule has 0 radical (unpaired) electrons. The van der Waals surface area contributed by atoms with Gasteiger partial charge < -0.3 is 20.5 Å². The van der Waals surface area contributed by atoms with Crippen molar-refractivity contribution in [1.82, 2.24) is 5.32 Å². The topological polar surface area (TPSA) is 73.6 Å². The van der Waals surface area contributed by atoms with Crippen LogP contribution in [0.15, 0.2) is 0 Å². The molecule has 0 aliphatic heterocycles. The summed E-state index contributed by atoms with van der Waals surface area (Å²) in [7, 11) is 3.11. The zero-order valence-electron chi connectivity index (χ0n) is 12.2. The monoisotopic (exact) mass is 260 g/mol. The highest BCUT2D eigenvalue weighted by atomic mass is 16.7. The van der Waals surface area contributed by atoms with Crippen LogP contribution in [0, 0.1) is 11.8 Å². The van der Waals surface area contributed by atoms with E-state index < -0.39 is 6.29 Å². The molecular weight excluding hydrogens is 232 g/mol. The number of nitrogens with two attached hydrogens (primary N) is 1. The molecule has 0 saturated carbocycles. The van der Waals surface area contributed by atoms with Gasteiger partial charge in [0.25, 0.3) is 0 Å². The van der Waals surface area contributed by atoms with Gasteiger partial charge in [0.1, 0.15) is 0 Å². The summed E-state index contributed by atoms with van der Waals surface area (Å²) < 4.78 is 10.2. The number of methoxy groups -OCH3 is 2. The molecule has 1 unspecified atom stereocenters. The molecule has 0 spiro atoms. The van der Waals surface area contributed by atoms with E-state index in [-0.39, 0.29) is 17.9 Å². The molecule has 0 heterocycles. The lowest BCUT2D eigenvalue weighted by atomic mass is 9.94. The molecule has 18 heavy (non-hydrogen) atoms. The highest BCUT2D eigenvalue weighted by Gasteiger charge is 2.20. The molecule has 0 aromatic carbocycles. The highest BCUT2D eigenvalue weighted by molar-refractivity contribution is 5.76. The van der Waals surface area contributed by atoms with Gasteiger partial charge in [-0.25, -0.2) is 0 Å². The zero-order valence-corrected chi connectivity index (χ0v) is 12.2. The Kier molecular flexibility index (Phi) is 8.97. The average Bonchev–Trinajstić information content (AvgIpc) is 2.28. The third kappa shape index (κ3) is 6.93. The summed E-state index contributed by atoms with van der Waals surface area (Å²) >= 11 is 0. The van der Waals surface area contributed by atoms with E-state index in [9.17, 15) is 4.79 Å². The first kappa shape index (κ1) is 17.4. The second kappa shape index (κ2) is 9.30. The maximum absolute atomic E-state index is 11.9. The zero-order chi connectivity index (χ0) is 14.1. The summed E-state index contributed by atoms with van der Waals surface area (Å²) in [5.41, 5.74) is 5.68. The van der Waals surface area contributed by atoms with E-state index in [0.717, 1.165) is 6.42 Å². The van der Waals surface area contributed by atoms with Crippen LogP contribution in [-0.4, -0.2) is 39.0 Å². The first-order valence-electron chi connectivity index (χ1n) is 6.49. The average molecular weight is 260 g/mol. The number of carbonyl (C=O) groups excluding carboxylic acids is 1. The minimum Gasteiger partial charge on any atom is -0.354 e. The number of ether oxygens (including phenoxy) is 2. The molecule has 0 rings (SSSR count). The number of amides is 1. The molecule has 0 fully saturated rings. The van der Waals surface area contributed by atoms with Crippen molar-refractivity contribution in [3.63, 3.8) is 0 Å². The second-order valence-electron chi connectivity index (χ2n) is 5.13. The summed E-state index contributed by atoms with van der Waals surface area (Å²) in [6.45, 7) is 6.66. The number of rotatable bonds is 9. The fourth-order valence-electron chi connectivity index (χ4n) is 2.08. The van der Waals surface area contributed by atoms with E-state index in [1.54, 1.807) is 14.2 Å². The third-order valence-corrected chi connectivity index (χ3v) is 2.87. The van der Waals surface area contributed by atoms with Crippen LogP contribution in [0.1, 0.15) is 33.6 Å². The predicted octanol–water partition coefficient (Wildman–Crippen LogP) is 1.12. The summed E-state index contributed by atoms with van der Waals surface area (Å²) in [4.78, 5) is 11.9. The van der Waals surface area contributed by atoms with Crippen molar-refractivity contribution in [3.05, 3.63) is 0 Å². The van der Waals surface area contributed by atoms with Gasteiger partial charge in [0.2, 0.25) is 5.91 Å². The Labute approximate surface area is 110 Å². The van der Waals surface area contributed by atoms with Gasteiger partial charge in [-0.3, -0.25) is 4.79 Å². The standard InChI is InChI=1S/C13H28N2O3/c1-9(2)6-11(8-14)7-12(16)15-10(3)13(17-4)18-5/h9-11,13H,6-8,14H2,1-5H3,(H,15,16)/t10?,11-/m0/s1. The summed E-state index contributed by atoms with van der Waals surface area (Å²) in [6, 6.07) is -0.176. The molecule has 3 N–H and O–H groups in total. The maximum atomic E-state index is 11.9. The molecule has 2 atom stereocenters. The van der Waals surface area contributed by atoms with Crippen molar-refractivity contribution < 1.29 is 14.3 Å². The quantitative estimate of drug-likeness (QED) is 0.609. The Hall–Kier alpha value is -0.650. The molecule has 5 nitrogen and oxygen atoms in total. The van der Waals surface area contributed by atoms with Crippen LogP contribution in [0.5, 0.6) is 0 Å². The Bertz CT molecular complexity index is 224. The largest absolute Gasteiger partial charge is 0.354 e. The smallest absolute Gasteiger partial charge is 0.220 e. The highest BCUT2D eigenvalue weighted by Crippen LogP contribution is 2.14. The van der Waals surface area contributed by atoms with Crippen LogP contribution in [0.3, 0.4) is 0 Å². The van der Waals surface area contributed by atoms with Crippen LogP contribution in [0.4, 0.5) is 0 Å². The van der Waals surface area contributed by atoms with E-state index in [1.807, 2.05) is 6.92 Å². The molecule has 0 bridgehead atoms. The minimum atomic E-state index is -0.421. The SMILES string of the molecule is COC(OC)C(C)NC(=O)C[C@@H](CN)CC(C)C. The van der Waals surface area contributed by atoms with Crippen LogP contribution < -0.4 is 11.1 Å². The fourth-order valence-corrected chi connectivity index (χ4v) is 2.08. The molecule has 0 aromatic rings. The Morgan fingerprint density at radius 1 is 1.22 bits per heavy atom. The number of nitrogens with one attached hydrogen (secondary N) is 1. The van der Waals surface area contributed by atoms with Crippen LogP contribution in [-0.2, 0) is 14.3 Å². The number of hydrogen-bond donors (Lipinski definition) is 2. The van der Waals surface area contributed by atoms with Gasteiger partial charge in [0.05, 0.1) is 6.04 Å². The van der Waals surface area contributed by atoms with Gasteiger partial charge in [0.15, 0.2) is 6.29 Å². The Morgan fingerprint density at radius 3 is 2.17 bits per heavy atom. The van der Waals surface area contributed by atoms with E-state index in [4.69, 9.17) is 15.2 Å². The number of carbonyl (C=O) groups is 1. The van der Waals surface area contributed by atoms with Crippen molar-refractivity contribution in [2.45, 2.75) is 45.9 Å². The first-order chi connectivity index (χ1) is 8.44. The molecule has 0 saturated heterocycles. The van der Waals surface area contributed by atoms with Crippen molar-refractivity contribution in [2.24, 2.45) is 17.6 Å². The van der Waals surface area contributed by atoms with Crippen LogP contribution in [0.2, 0.25) is 0 Å². The fraction of sp³-hybridized carbons (Fsp3) is 0.923. The number of hydrogen-bond acceptors (Lipinski definition) is 4. The minimum absolute atomic E-state index is 0.00213. The summed E-state index contributed by atoms with van der Waals surface area (Å²) in [5, 5.41) is 2.88. The third-order valence-electron chi connectivity index (χ3n) is 2.87. The molecule has 108 valence electrons. The summed E-state index contributed by atoms with van der Waals surface area (Å²) in [5.74, 6) is 0.785. The van der Waals surface area contributed by atoms with E-state index in [1.165, 1.54) is 0 Å². The summed E-state index contributed by atoms with van der Waals surface area (Å²) in [6.07, 6.45) is 1.01. The molecule has 0 aliphatic rings. The van der Waals surface area contributed by atoms with Crippen LogP contribution in [0.25, 0.3) is 0 Å². The van der Waals surface area contributed by atoms with Crippen LogP contribution >= 0.6 is 0 Å². The lowest BCUT2D eigenvalue weighted by Crippen LogP contribution is -2.43. The predicted molar refractivity (Wildman–Crippen MR) is 72.0 cm³/mol. The van der Waals surface area contributed by atoms with Crippen molar-refractivity contribution in [1.29, 1.82) is 0 Å². The van der Waals surface area contributed by atoms with E-state index in [0.29, 0.717) is 18.9 Å². The van der Waals surface area contributed by atoms with Crippen molar-refractivity contribution in [2.75, 3.05) is 20.8 Å². The molecule has 5 heteroatoms. The Morgan fingerprint density at radius 2 is 1.78 bits per heavy atom. The van der Waals surface area contributed by atoms with Gasteiger partial charge in [-0.15, -0.1) is 0 Å². The first-order valence-corrected chi connectivity index (χ1v) is 6.49. The van der Waals surface area contributed by atoms with Gasteiger partial charge >= 0.3 is 0 Å². The van der Waals surface area contributed by atoms with Gasteiger partial charge in [0, 0.05) is 20.6 Å². The van der Waals surface area contributed by atoms with Gasteiger partial charge in [-0.1, -0.05) is 13.8 Å². The van der Waals surface area contributed by atoms with E-state index in [2.05, 4.69) is 19.2 Å². The van der Waals surface area contributed by atoms with Gasteiger partial charge in [-0.05, 0) is 31.7 Å². The molecule has 0 aliphatic carbocycles. The lowest BCUT2D eigenvalue weighted by molar-refractivity contribution is -0.136.